The maximum absolute atomic E-state index is 5.71. The third-order valence-corrected chi connectivity index (χ3v) is 4.99. The molecule has 0 bridgehead atoms. The zero-order chi connectivity index (χ0) is 18.5. The molecule has 0 aliphatic carbocycles. The summed E-state index contributed by atoms with van der Waals surface area (Å²) in [5.74, 6) is 4.17. The molecule has 1 atom stereocenters. The zero-order valence-corrected chi connectivity index (χ0v) is 19.0. The van der Waals surface area contributed by atoms with E-state index in [1.165, 1.54) is 4.88 Å². The lowest BCUT2D eigenvalue weighted by atomic mass is 10.2. The number of aliphatic imine (C=N–C) groups is 1. The van der Waals surface area contributed by atoms with Crippen molar-refractivity contribution in [3.63, 3.8) is 0 Å². The number of aryl methyl sites for hydroxylation is 2. The third kappa shape index (κ3) is 5.80. The first-order valence-electron chi connectivity index (χ1n) is 8.51. The van der Waals surface area contributed by atoms with Gasteiger partial charge in [-0.2, -0.15) is 0 Å². The Morgan fingerprint density at radius 2 is 2.11 bits per heavy atom. The van der Waals surface area contributed by atoms with Crippen molar-refractivity contribution in [3.8, 4) is 0 Å². The van der Waals surface area contributed by atoms with E-state index in [0.29, 0.717) is 19.0 Å². The molecule has 3 aromatic rings. The molecule has 1 unspecified atom stereocenters. The van der Waals surface area contributed by atoms with Gasteiger partial charge in [0, 0.05) is 11.9 Å². The first-order chi connectivity index (χ1) is 12.5. The minimum atomic E-state index is -0.000446. The predicted octanol–water partition coefficient (Wildman–Crippen LogP) is 3.70. The van der Waals surface area contributed by atoms with Crippen LogP contribution in [-0.4, -0.2) is 20.7 Å². The number of nitrogens with zero attached hydrogens (tertiary/aromatic N) is 4. The van der Waals surface area contributed by atoms with Gasteiger partial charge in [-0.1, -0.05) is 6.07 Å². The minimum Gasteiger partial charge on any atom is -0.464 e. The largest absolute Gasteiger partial charge is 0.464 e. The summed E-state index contributed by atoms with van der Waals surface area (Å²) in [6.45, 7) is 7.08. The molecule has 3 aromatic heterocycles. The standard InChI is InChI=1S/C18H24N6OS.HI/c1-12-7-8-16(25-12)13(2)21-18(19-10-15-6-5-9-26-15)20-11-17-23-22-14(3)24(17)4;/h5-9,13H,10-11H2,1-4H3,(H2,19,20,21);1H. The monoisotopic (exact) mass is 500 g/mol. The van der Waals surface area contributed by atoms with E-state index in [2.05, 4.69) is 37.3 Å². The molecule has 0 aromatic carbocycles. The van der Waals surface area contributed by atoms with E-state index in [1.54, 1.807) is 11.3 Å². The summed E-state index contributed by atoms with van der Waals surface area (Å²) in [4.78, 5) is 5.92. The van der Waals surface area contributed by atoms with Gasteiger partial charge in [0.1, 0.15) is 23.9 Å². The van der Waals surface area contributed by atoms with Crippen molar-refractivity contribution in [2.45, 2.75) is 39.9 Å². The molecule has 0 amide bonds. The van der Waals surface area contributed by atoms with Crippen LogP contribution in [0.4, 0.5) is 0 Å². The Morgan fingerprint density at radius 1 is 1.30 bits per heavy atom. The fourth-order valence-corrected chi connectivity index (χ4v) is 3.08. The number of furan rings is 1. The molecule has 27 heavy (non-hydrogen) atoms. The summed E-state index contributed by atoms with van der Waals surface area (Å²) in [5, 5.41) is 17.1. The second-order valence-electron chi connectivity index (χ2n) is 6.13. The quantitative estimate of drug-likeness (QED) is 0.307. The molecular weight excluding hydrogens is 475 g/mol. The molecule has 3 heterocycles. The maximum atomic E-state index is 5.71. The molecule has 3 rings (SSSR count). The Hall–Kier alpha value is -1.88. The SMILES string of the molecule is Cc1ccc(C(C)NC(=NCc2nnc(C)n2C)NCc2cccs2)o1.I. The van der Waals surface area contributed by atoms with E-state index in [9.17, 15) is 0 Å². The predicted molar refractivity (Wildman–Crippen MR) is 118 cm³/mol. The van der Waals surface area contributed by atoms with E-state index in [0.717, 1.165) is 23.2 Å². The molecule has 7 nitrogen and oxygen atoms in total. The van der Waals surface area contributed by atoms with Crippen molar-refractivity contribution < 1.29 is 4.42 Å². The van der Waals surface area contributed by atoms with Gasteiger partial charge in [-0.25, -0.2) is 4.99 Å². The van der Waals surface area contributed by atoms with Crippen molar-refractivity contribution >= 4 is 41.3 Å². The number of halogens is 1. The van der Waals surface area contributed by atoms with Crippen LogP contribution in [0.5, 0.6) is 0 Å². The minimum absolute atomic E-state index is 0. The highest BCUT2D eigenvalue weighted by Gasteiger charge is 2.12. The number of nitrogens with one attached hydrogen (secondary N) is 2. The van der Waals surface area contributed by atoms with E-state index in [4.69, 9.17) is 4.42 Å². The second-order valence-corrected chi connectivity index (χ2v) is 7.17. The molecule has 0 radical (unpaired) electrons. The summed E-state index contributed by atoms with van der Waals surface area (Å²) in [6, 6.07) is 8.09. The van der Waals surface area contributed by atoms with Gasteiger partial charge in [0.2, 0.25) is 0 Å². The molecule has 2 N–H and O–H groups in total. The van der Waals surface area contributed by atoms with Crippen LogP contribution >= 0.6 is 35.3 Å². The highest BCUT2D eigenvalue weighted by molar-refractivity contribution is 14.0. The van der Waals surface area contributed by atoms with Crippen molar-refractivity contribution in [1.29, 1.82) is 0 Å². The average Bonchev–Trinajstić information content (AvgIpc) is 3.35. The van der Waals surface area contributed by atoms with Crippen molar-refractivity contribution in [3.05, 3.63) is 57.7 Å². The van der Waals surface area contributed by atoms with Gasteiger partial charge in [-0.3, -0.25) is 0 Å². The lowest BCUT2D eigenvalue weighted by Gasteiger charge is -2.16. The summed E-state index contributed by atoms with van der Waals surface area (Å²) in [5.41, 5.74) is 0. The highest BCUT2D eigenvalue weighted by atomic mass is 127. The third-order valence-electron chi connectivity index (χ3n) is 4.11. The molecule has 0 saturated heterocycles. The fraction of sp³-hybridized carbons (Fsp3) is 0.389. The van der Waals surface area contributed by atoms with Crippen LogP contribution in [0.15, 0.2) is 39.1 Å². The van der Waals surface area contributed by atoms with Gasteiger partial charge in [-0.15, -0.1) is 45.5 Å². The first kappa shape index (κ1) is 21.4. The molecule has 9 heteroatoms. The fourth-order valence-electron chi connectivity index (χ4n) is 2.44. The Labute approximate surface area is 180 Å². The normalized spacial score (nSPS) is 12.5. The average molecular weight is 500 g/mol. The summed E-state index contributed by atoms with van der Waals surface area (Å²) >= 11 is 1.71. The van der Waals surface area contributed by atoms with Gasteiger partial charge >= 0.3 is 0 Å². The van der Waals surface area contributed by atoms with Crippen LogP contribution in [0.2, 0.25) is 0 Å². The van der Waals surface area contributed by atoms with Crippen molar-refractivity contribution in [1.82, 2.24) is 25.4 Å². The molecule has 0 aliphatic rings. The number of guanidine groups is 1. The van der Waals surface area contributed by atoms with Crippen LogP contribution < -0.4 is 10.6 Å². The van der Waals surface area contributed by atoms with E-state index in [1.807, 2.05) is 50.6 Å². The second kappa shape index (κ2) is 9.88. The summed E-state index contributed by atoms with van der Waals surface area (Å²) in [7, 11) is 1.95. The number of rotatable bonds is 6. The molecule has 146 valence electrons. The van der Waals surface area contributed by atoms with Gasteiger partial charge in [0.15, 0.2) is 11.8 Å². The Bertz CT molecular complexity index is 870. The first-order valence-corrected chi connectivity index (χ1v) is 9.39. The van der Waals surface area contributed by atoms with Gasteiger partial charge < -0.3 is 19.6 Å². The Balaban J connectivity index is 0.00000261. The number of aromatic nitrogens is 3. The number of thiophene rings is 1. The molecule has 0 fully saturated rings. The smallest absolute Gasteiger partial charge is 0.192 e. The van der Waals surface area contributed by atoms with Crippen molar-refractivity contribution in [2.24, 2.45) is 12.0 Å². The van der Waals surface area contributed by atoms with Gasteiger partial charge in [0.25, 0.3) is 0 Å². The van der Waals surface area contributed by atoms with Crippen LogP contribution in [0.25, 0.3) is 0 Å². The zero-order valence-electron chi connectivity index (χ0n) is 15.9. The topological polar surface area (TPSA) is 80.3 Å². The maximum Gasteiger partial charge on any atom is 0.192 e. The highest BCUT2D eigenvalue weighted by Crippen LogP contribution is 2.15. The van der Waals surface area contributed by atoms with Gasteiger partial charge in [0.05, 0.1) is 12.6 Å². The summed E-state index contributed by atoms with van der Waals surface area (Å²) < 4.78 is 7.66. The molecular formula is C18H25IN6OS. The van der Waals surface area contributed by atoms with E-state index in [-0.39, 0.29) is 30.0 Å². The Morgan fingerprint density at radius 3 is 2.70 bits per heavy atom. The molecule has 0 saturated carbocycles. The molecule has 0 spiro atoms. The van der Waals surface area contributed by atoms with Crippen LogP contribution in [0.1, 0.15) is 41.0 Å². The summed E-state index contributed by atoms with van der Waals surface area (Å²) in [6.07, 6.45) is 0. The molecule has 0 aliphatic heterocycles. The van der Waals surface area contributed by atoms with Crippen LogP contribution in [0, 0.1) is 13.8 Å². The van der Waals surface area contributed by atoms with Gasteiger partial charge in [-0.05, 0) is 44.4 Å². The Kier molecular flexibility index (Phi) is 7.84. The van der Waals surface area contributed by atoms with E-state index >= 15 is 0 Å². The lowest BCUT2D eigenvalue weighted by molar-refractivity contribution is 0.441. The van der Waals surface area contributed by atoms with Crippen LogP contribution in [-0.2, 0) is 20.1 Å². The van der Waals surface area contributed by atoms with E-state index < -0.39 is 0 Å². The number of hydrogen-bond donors (Lipinski definition) is 2. The van der Waals surface area contributed by atoms with Crippen molar-refractivity contribution in [2.75, 3.05) is 0 Å². The lowest BCUT2D eigenvalue weighted by Crippen LogP contribution is -2.38. The number of hydrogen-bond acceptors (Lipinski definition) is 5. The van der Waals surface area contributed by atoms with Crippen LogP contribution in [0.3, 0.4) is 0 Å².